The number of hydrogen-bond donors (Lipinski definition) is 1. The Morgan fingerprint density at radius 2 is 1.94 bits per heavy atom. The molecule has 0 bridgehead atoms. The van der Waals surface area contributed by atoms with E-state index in [4.69, 9.17) is 5.73 Å². The Kier molecular flexibility index (Phi) is 3.74. The fraction of sp³-hybridized carbons (Fsp3) is 0.182. The van der Waals surface area contributed by atoms with E-state index in [1.54, 1.807) is 24.3 Å². The summed E-state index contributed by atoms with van der Waals surface area (Å²) in [5.41, 5.74) is 5.08. The summed E-state index contributed by atoms with van der Waals surface area (Å²) in [6.45, 7) is -0.170. The van der Waals surface area contributed by atoms with Crippen LogP contribution in [0.25, 0.3) is 10.6 Å². The lowest BCUT2D eigenvalue weighted by molar-refractivity contribution is -0.141. The van der Waals surface area contributed by atoms with E-state index >= 15 is 0 Å². The van der Waals surface area contributed by atoms with Crippen LogP contribution in [0.3, 0.4) is 0 Å². The van der Waals surface area contributed by atoms with Crippen LogP contribution >= 0.6 is 27.3 Å². The average Bonchev–Trinajstić information content (AvgIpc) is 2.73. The third kappa shape index (κ3) is 2.57. The summed E-state index contributed by atoms with van der Waals surface area (Å²) in [4.78, 5) is 3.72. The van der Waals surface area contributed by atoms with E-state index in [-0.39, 0.29) is 11.4 Å². The fourth-order valence-electron chi connectivity index (χ4n) is 1.46. The Morgan fingerprint density at radius 3 is 2.44 bits per heavy atom. The smallest absolute Gasteiger partial charge is 0.326 e. The average molecular weight is 337 g/mol. The zero-order valence-corrected chi connectivity index (χ0v) is 11.4. The van der Waals surface area contributed by atoms with Crippen LogP contribution in [0.2, 0.25) is 0 Å². The van der Waals surface area contributed by atoms with Crippen molar-refractivity contribution in [2.75, 3.05) is 0 Å². The molecule has 96 valence electrons. The molecular formula is C11H8BrF3N2S. The van der Waals surface area contributed by atoms with Crippen LogP contribution in [0.5, 0.6) is 0 Å². The number of aromatic nitrogens is 1. The molecule has 2 rings (SSSR count). The summed E-state index contributed by atoms with van der Waals surface area (Å²) < 4.78 is 38.9. The normalized spacial score (nSPS) is 11.8. The Morgan fingerprint density at radius 1 is 1.28 bits per heavy atom. The standard InChI is InChI=1S/C11H8BrF3N2S/c12-7-4-2-1-3-6(7)10-17-9(11(13,14)15)8(5-16)18-10/h1-4H,5,16H2. The van der Waals surface area contributed by atoms with Gasteiger partial charge in [-0.2, -0.15) is 13.2 Å². The van der Waals surface area contributed by atoms with Crippen molar-refractivity contribution in [1.82, 2.24) is 4.98 Å². The molecule has 0 unspecified atom stereocenters. The topological polar surface area (TPSA) is 38.9 Å². The van der Waals surface area contributed by atoms with Crippen molar-refractivity contribution in [2.24, 2.45) is 5.73 Å². The monoisotopic (exact) mass is 336 g/mol. The van der Waals surface area contributed by atoms with Crippen molar-refractivity contribution in [3.8, 4) is 10.6 Å². The zero-order valence-electron chi connectivity index (χ0n) is 8.96. The summed E-state index contributed by atoms with van der Waals surface area (Å²) >= 11 is 4.26. The Bertz CT molecular complexity index is 566. The van der Waals surface area contributed by atoms with Gasteiger partial charge in [-0.1, -0.05) is 34.1 Å². The van der Waals surface area contributed by atoms with Gasteiger partial charge in [-0.3, -0.25) is 0 Å². The highest BCUT2D eigenvalue weighted by Gasteiger charge is 2.37. The van der Waals surface area contributed by atoms with Gasteiger partial charge in [0, 0.05) is 16.6 Å². The van der Waals surface area contributed by atoms with Gasteiger partial charge in [-0.25, -0.2) is 4.98 Å². The van der Waals surface area contributed by atoms with Gasteiger partial charge in [-0.05, 0) is 6.07 Å². The third-order valence-electron chi connectivity index (χ3n) is 2.26. The minimum Gasteiger partial charge on any atom is -0.326 e. The van der Waals surface area contributed by atoms with Crippen molar-refractivity contribution in [3.05, 3.63) is 39.3 Å². The van der Waals surface area contributed by atoms with E-state index in [0.29, 0.717) is 15.0 Å². The molecule has 1 aromatic heterocycles. The van der Waals surface area contributed by atoms with Gasteiger partial charge in [0.05, 0.1) is 4.88 Å². The van der Waals surface area contributed by atoms with E-state index in [1.807, 2.05) is 0 Å². The van der Waals surface area contributed by atoms with E-state index in [9.17, 15) is 13.2 Å². The molecule has 2 nitrogen and oxygen atoms in total. The molecule has 0 spiro atoms. The van der Waals surface area contributed by atoms with Gasteiger partial charge >= 0.3 is 6.18 Å². The molecule has 0 amide bonds. The second-order valence-electron chi connectivity index (χ2n) is 3.47. The van der Waals surface area contributed by atoms with E-state index in [0.717, 1.165) is 11.3 Å². The van der Waals surface area contributed by atoms with Crippen molar-refractivity contribution < 1.29 is 13.2 Å². The van der Waals surface area contributed by atoms with Gasteiger partial charge in [-0.15, -0.1) is 11.3 Å². The summed E-state index contributed by atoms with van der Waals surface area (Å²) in [7, 11) is 0. The number of rotatable bonds is 2. The molecule has 18 heavy (non-hydrogen) atoms. The number of halogens is 4. The molecule has 0 saturated carbocycles. The highest BCUT2D eigenvalue weighted by molar-refractivity contribution is 9.10. The highest BCUT2D eigenvalue weighted by Crippen LogP contribution is 2.39. The SMILES string of the molecule is NCc1sc(-c2ccccc2Br)nc1C(F)(F)F. The molecule has 0 atom stereocenters. The number of nitrogens with two attached hydrogens (primary N) is 1. The van der Waals surface area contributed by atoms with Crippen molar-refractivity contribution in [2.45, 2.75) is 12.7 Å². The van der Waals surface area contributed by atoms with Crippen LogP contribution in [-0.4, -0.2) is 4.98 Å². The van der Waals surface area contributed by atoms with Crippen LogP contribution < -0.4 is 5.73 Å². The third-order valence-corrected chi connectivity index (χ3v) is 4.06. The maximum Gasteiger partial charge on any atom is 0.434 e. The number of hydrogen-bond acceptors (Lipinski definition) is 3. The van der Waals surface area contributed by atoms with Crippen molar-refractivity contribution in [1.29, 1.82) is 0 Å². The summed E-state index contributed by atoms with van der Waals surface area (Å²) in [5.74, 6) is 0. The van der Waals surface area contributed by atoms with Crippen LogP contribution in [0.15, 0.2) is 28.7 Å². The molecule has 0 saturated heterocycles. The van der Waals surface area contributed by atoms with Crippen LogP contribution in [0.4, 0.5) is 13.2 Å². The fourth-order valence-corrected chi connectivity index (χ4v) is 3.06. The van der Waals surface area contributed by atoms with Crippen LogP contribution in [-0.2, 0) is 12.7 Å². The lowest BCUT2D eigenvalue weighted by Gasteiger charge is -2.03. The summed E-state index contributed by atoms with van der Waals surface area (Å²) in [6.07, 6.45) is -4.47. The number of nitrogens with zero attached hydrogens (tertiary/aromatic N) is 1. The molecule has 2 N–H and O–H groups in total. The maximum absolute atomic E-state index is 12.7. The number of thiazole rings is 1. The van der Waals surface area contributed by atoms with Gasteiger partial charge in [0.25, 0.3) is 0 Å². The summed E-state index contributed by atoms with van der Waals surface area (Å²) in [5, 5.41) is 0.315. The Balaban J connectivity index is 2.55. The zero-order chi connectivity index (χ0) is 13.3. The Hall–Kier alpha value is -0.920. The molecule has 1 aromatic carbocycles. The molecule has 7 heteroatoms. The van der Waals surface area contributed by atoms with Gasteiger partial charge in [0.2, 0.25) is 0 Å². The van der Waals surface area contributed by atoms with Crippen molar-refractivity contribution in [3.63, 3.8) is 0 Å². The maximum atomic E-state index is 12.7. The quantitative estimate of drug-likeness (QED) is 0.898. The predicted molar refractivity (Wildman–Crippen MR) is 68.1 cm³/mol. The van der Waals surface area contributed by atoms with Gasteiger partial charge < -0.3 is 5.73 Å². The Labute approximate surface area is 114 Å². The highest BCUT2D eigenvalue weighted by atomic mass is 79.9. The molecule has 0 aliphatic heterocycles. The molecule has 0 fully saturated rings. The van der Waals surface area contributed by atoms with Crippen LogP contribution in [0.1, 0.15) is 10.6 Å². The minimum absolute atomic E-state index is 0.0493. The van der Waals surface area contributed by atoms with Crippen molar-refractivity contribution >= 4 is 27.3 Å². The second-order valence-corrected chi connectivity index (χ2v) is 5.41. The minimum atomic E-state index is -4.47. The van der Waals surface area contributed by atoms with E-state index < -0.39 is 11.9 Å². The van der Waals surface area contributed by atoms with Gasteiger partial charge in [0.15, 0.2) is 5.69 Å². The molecule has 2 aromatic rings. The molecule has 0 aliphatic rings. The van der Waals surface area contributed by atoms with E-state index in [2.05, 4.69) is 20.9 Å². The predicted octanol–water partition coefficient (Wildman–Crippen LogP) is 4.05. The first-order chi connectivity index (χ1) is 8.43. The second kappa shape index (κ2) is 4.99. The number of benzene rings is 1. The molecule has 1 heterocycles. The molecule has 0 radical (unpaired) electrons. The molecule has 0 aliphatic carbocycles. The first kappa shape index (κ1) is 13.5. The lowest BCUT2D eigenvalue weighted by Crippen LogP contribution is -2.10. The van der Waals surface area contributed by atoms with Gasteiger partial charge in [0.1, 0.15) is 5.01 Å². The molecular weight excluding hydrogens is 329 g/mol. The first-order valence-corrected chi connectivity index (χ1v) is 6.56. The van der Waals surface area contributed by atoms with E-state index in [1.165, 1.54) is 0 Å². The first-order valence-electron chi connectivity index (χ1n) is 4.95. The summed E-state index contributed by atoms with van der Waals surface area (Å²) in [6, 6.07) is 7.00. The lowest BCUT2D eigenvalue weighted by atomic mass is 10.2. The largest absolute Gasteiger partial charge is 0.434 e. The van der Waals surface area contributed by atoms with Crippen LogP contribution in [0, 0.1) is 0 Å². The number of alkyl halides is 3.